The Morgan fingerprint density at radius 1 is 1.00 bits per heavy atom. The number of carbonyl (C=O) groups excluding carboxylic acids is 2. The highest BCUT2D eigenvalue weighted by molar-refractivity contribution is 5.97. The third-order valence-electron chi connectivity index (χ3n) is 4.98. The molecule has 2 aromatic carbocycles. The molecule has 0 saturated carbocycles. The van der Waals surface area contributed by atoms with E-state index in [1.165, 1.54) is 5.56 Å². The molecule has 2 amide bonds. The number of nitrogens with zero attached hydrogens (tertiary/aromatic N) is 2. The zero-order chi connectivity index (χ0) is 19.9. The number of hydrogen-bond donors (Lipinski definition) is 1. The van der Waals surface area contributed by atoms with Crippen LogP contribution in [0.1, 0.15) is 17.5 Å². The van der Waals surface area contributed by atoms with Crippen LogP contribution in [0.3, 0.4) is 0 Å². The van der Waals surface area contributed by atoms with E-state index in [4.69, 9.17) is 4.74 Å². The fraction of sp³-hybridized carbons (Fsp3) is 0.364. The maximum atomic E-state index is 12.5. The van der Waals surface area contributed by atoms with Crippen LogP contribution in [-0.4, -0.2) is 50.0 Å². The normalized spacial score (nSPS) is 13.9. The molecule has 0 unspecified atom stereocenters. The van der Waals surface area contributed by atoms with Gasteiger partial charge in [-0.1, -0.05) is 42.0 Å². The van der Waals surface area contributed by atoms with Crippen LogP contribution in [0.25, 0.3) is 0 Å². The van der Waals surface area contributed by atoms with Crippen molar-refractivity contribution in [3.63, 3.8) is 0 Å². The summed E-state index contributed by atoms with van der Waals surface area (Å²) >= 11 is 0. The SMILES string of the molecule is COc1ccccc1N1CCN(C(=O)CC(=O)NCc2ccc(C)cc2)CC1. The van der Waals surface area contributed by atoms with E-state index in [0.717, 1.165) is 30.1 Å². The third-order valence-corrected chi connectivity index (χ3v) is 4.98. The predicted molar refractivity (Wildman–Crippen MR) is 109 cm³/mol. The lowest BCUT2D eigenvalue weighted by Crippen LogP contribution is -2.49. The fourth-order valence-electron chi connectivity index (χ4n) is 3.31. The van der Waals surface area contributed by atoms with Gasteiger partial charge < -0.3 is 19.9 Å². The Bertz CT molecular complexity index is 812. The Morgan fingerprint density at radius 2 is 1.68 bits per heavy atom. The van der Waals surface area contributed by atoms with E-state index >= 15 is 0 Å². The summed E-state index contributed by atoms with van der Waals surface area (Å²) in [7, 11) is 1.66. The standard InChI is InChI=1S/C22H27N3O3/c1-17-7-9-18(10-8-17)16-23-21(26)15-22(27)25-13-11-24(12-14-25)19-5-3-4-6-20(19)28-2/h3-10H,11-16H2,1-2H3,(H,23,26). The molecule has 1 fully saturated rings. The Morgan fingerprint density at radius 3 is 2.36 bits per heavy atom. The average Bonchev–Trinajstić information content (AvgIpc) is 2.73. The molecule has 1 heterocycles. The molecule has 0 aliphatic carbocycles. The molecule has 1 aliphatic rings. The summed E-state index contributed by atoms with van der Waals surface area (Å²) in [5, 5.41) is 2.82. The zero-order valence-corrected chi connectivity index (χ0v) is 16.5. The van der Waals surface area contributed by atoms with Crippen LogP contribution in [0.5, 0.6) is 5.75 Å². The number of rotatable bonds is 6. The smallest absolute Gasteiger partial charge is 0.232 e. The maximum Gasteiger partial charge on any atom is 0.232 e. The van der Waals surface area contributed by atoms with E-state index in [-0.39, 0.29) is 18.2 Å². The van der Waals surface area contributed by atoms with E-state index in [2.05, 4.69) is 10.2 Å². The van der Waals surface area contributed by atoms with Crippen LogP contribution in [0.2, 0.25) is 0 Å². The van der Waals surface area contributed by atoms with Gasteiger partial charge in [-0.15, -0.1) is 0 Å². The first-order valence-corrected chi connectivity index (χ1v) is 9.55. The van der Waals surface area contributed by atoms with Gasteiger partial charge >= 0.3 is 0 Å². The molecule has 0 bridgehead atoms. The van der Waals surface area contributed by atoms with Crippen LogP contribution >= 0.6 is 0 Å². The predicted octanol–water partition coefficient (Wildman–Crippen LogP) is 2.36. The molecule has 2 aromatic rings. The minimum atomic E-state index is -0.238. The number of benzene rings is 2. The molecular formula is C22H27N3O3. The van der Waals surface area contributed by atoms with E-state index in [1.54, 1.807) is 12.0 Å². The number of aryl methyl sites for hydroxylation is 1. The summed E-state index contributed by atoms with van der Waals surface area (Å²) in [6.45, 7) is 5.10. The largest absolute Gasteiger partial charge is 0.495 e. The van der Waals surface area contributed by atoms with Gasteiger partial charge in [-0.3, -0.25) is 9.59 Å². The van der Waals surface area contributed by atoms with Crippen LogP contribution in [0.4, 0.5) is 5.69 Å². The molecular weight excluding hydrogens is 354 g/mol. The molecule has 1 aliphatic heterocycles. The molecule has 6 heteroatoms. The Balaban J connectivity index is 1.45. The lowest BCUT2D eigenvalue weighted by Gasteiger charge is -2.36. The summed E-state index contributed by atoms with van der Waals surface area (Å²) < 4.78 is 5.42. The summed E-state index contributed by atoms with van der Waals surface area (Å²) in [5.41, 5.74) is 3.24. The van der Waals surface area contributed by atoms with Crippen molar-refractivity contribution in [1.82, 2.24) is 10.2 Å². The topological polar surface area (TPSA) is 61.9 Å². The van der Waals surface area contributed by atoms with Gasteiger partial charge in [-0.25, -0.2) is 0 Å². The first-order chi connectivity index (χ1) is 13.6. The number of amides is 2. The summed E-state index contributed by atoms with van der Waals surface area (Å²) in [6, 6.07) is 15.9. The monoisotopic (exact) mass is 381 g/mol. The number of ether oxygens (including phenoxy) is 1. The van der Waals surface area contributed by atoms with Gasteiger partial charge in [0.25, 0.3) is 0 Å². The van der Waals surface area contributed by atoms with Crippen molar-refractivity contribution in [3.8, 4) is 5.75 Å². The van der Waals surface area contributed by atoms with Crippen molar-refractivity contribution in [2.45, 2.75) is 19.9 Å². The lowest BCUT2D eigenvalue weighted by atomic mass is 10.1. The molecule has 0 atom stereocenters. The van der Waals surface area contributed by atoms with Gasteiger partial charge in [0, 0.05) is 32.7 Å². The maximum absolute atomic E-state index is 12.5. The summed E-state index contributed by atoms with van der Waals surface area (Å²) in [6.07, 6.45) is -0.111. The second-order valence-electron chi connectivity index (χ2n) is 6.98. The van der Waals surface area contributed by atoms with Crippen molar-refractivity contribution in [2.24, 2.45) is 0 Å². The van der Waals surface area contributed by atoms with Crippen molar-refractivity contribution in [3.05, 3.63) is 59.7 Å². The van der Waals surface area contributed by atoms with E-state index in [0.29, 0.717) is 19.6 Å². The highest BCUT2D eigenvalue weighted by Crippen LogP contribution is 2.28. The van der Waals surface area contributed by atoms with Crippen molar-refractivity contribution in [2.75, 3.05) is 38.2 Å². The van der Waals surface area contributed by atoms with Gasteiger partial charge in [-0.05, 0) is 24.6 Å². The molecule has 1 saturated heterocycles. The minimum absolute atomic E-state index is 0.111. The first kappa shape index (κ1) is 19.7. The Hall–Kier alpha value is -3.02. The molecule has 0 radical (unpaired) electrons. The molecule has 0 aromatic heterocycles. The number of para-hydroxylation sites is 2. The molecule has 28 heavy (non-hydrogen) atoms. The van der Waals surface area contributed by atoms with Gasteiger partial charge in [0.1, 0.15) is 12.2 Å². The van der Waals surface area contributed by atoms with Gasteiger partial charge in [-0.2, -0.15) is 0 Å². The molecule has 0 spiro atoms. The van der Waals surface area contributed by atoms with Crippen LogP contribution < -0.4 is 15.0 Å². The van der Waals surface area contributed by atoms with E-state index in [1.807, 2.05) is 55.5 Å². The van der Waals surface area contributed by atoms with Gasteiger partial charge in [0.15, 0.2) is 0 Å². The number of nitrogens with one attached hydrogen (secondary N) is 1. The number of hydrogen-bond acceptors (Lipinski definition) is 4. The summed E-state index contributed by atoms with van der Waals surface area (Å²) in [4.78, 5) is 28.5. The molecule has 148 valence electrons. The van der Waals surface area contributed by atoms with Gasteiger partial charge in [0.2, 0.25) is 11.8 Å². The van der Waals surface area contributed by atoms with Crippen molar-refractivity contribution >= 4 is 17.5 Å². The average molecular weight is 381 g/mol. The number of methoxy groups -OCH3 is 1. The van der Waals surface area contributed by atoms with Crippen LogP contribution in [0, 0.1) is 6.92 Å². The lowest BCUT2D eigenvalue weighted by molar-refractivity contribution is -0.136. The molecule has 1 N–H and O–H groups in total. The molecule has 6 nitrogen and oxygen atoms in total. The van der Waals surface area contributed by atoms with Gasteiger partial charge in [0.05, 0.1) is 12.8 Å². The first-order valence-electron chi connectivity index (χ1n) is 9.55. The van der Waals surface area contributed by atoms with E-state index < -0.39 is 0 Å². The fourth-order valence-corrected chi connectivity index (χ4v) is 3.31. The second kappa shape index (κ2) is 9.26. The number of carbonyl (C=O) groups is 2. The number of piperazine rings is 1. The number of anilines is 1. The quantitative estimate of drug-likeness (QED) is 0.781. The van der Waals surface area contributed by atoms with E-state index in [9.17, 15) is 9.59 Å². The zero-order valence-electron chi connectivity index (χ0n) is 16.5. The minimum Gasteiger partial charge on any atom is -0.495 e. The highest BCUT2D eigenvalue weighted by Gasteiger charge is 2.24. The second-order valence-corrected chi connectivity index (χ2v) is 6.98. The molecule has 3 rings (SSSR count). The summed E-state index contributed by atoms with van der Waals surface area (Å²) in [5.74, 6) is 0.469. The van der Waals surface area contributed by atoms with Crippen LogP contribution in [0.15, 0.2) is 48.5 Å². The third kappa shape index (κ3) is 5.03. The van der Waals surface area contributed by atoms with Crippen LogP contribution in [-0.2, 0) is 16.1 Å². The Labute approximate surface area is 166 Å². The van der Waals surface area contributed by atoms with Crippen molar-refractivity contribution in [1.29, 1.82) is 0 Å². The Kier molecular flexibility index (Phi) is 6.53. The van der Waals surface area contributed by atoms with Crippen molar-refractivity contribution < 1.29 is 14.3 Å². The highest BCUT2D eigenvalue weighted by atomic mass is 16.5.